The van der Waals surface area contributed by atoms with Crippen LogP contribution in [0.3, 0.4) is 0 Å². The Bertz CT molecular complexity index is 450. The molecule has 0 saturated heterocycles. The number of rotatable bonds is 1. The first-order valence-electron chi connectivity index (χ1n) is 3.77. The molecule has 1 aromatic heterocycles. The molecule has 4 heteroatoms. The largest absolute Gasteiger partial charge is 0.462 e. The molecule has 0 atom stereocenters. The molecule has 2 nitrogen and oxygen atoms in total. The summed E-state index contributed by atoms with van der Waals surface area (Å²) in [6.45, 7) is 0.420. The van der Waals surface area contributed by atoms with Gasteiger partial charge in [0, 0.05) is 22.5 Å². The Morgan fingerprint density at radius 3 is 2.77 bits per heavy atom. The average Bonchev–Trinajstić information content (AvgIpc) is 2.47. The van der Waals surface area contributed by atoms with Crippen LogP contribution in [0, 0.1) is 0 Å². The summed E-state index contributed by atoms with van der Waals surface area (Å²) < 4.78 is 5.26. The van der Waals surface area contributed by atoms with Crippen molar-refractivity contribution in [2.24, 2.45) is 5.73 Å². The molecule has 0 bridgehead atoms. The minimum atomic E-state index is 0.420. The molecule has 1 aromatic carbocycles. The standard InChI is InChI=1S/C9H7Cl2NO/c10-6-1-7-5(3-12)4-13-9(7)8(11)2-6/h1-2,4H,3,12H2. The smallest absolute Gasteiger partial charge is 0.152 e. The van der Waals surface area contributed by atoms with Crippen LogP contribution in [-0.2, 0) is 6.54 Å². The zero-order chi connectivity index (χ0) is 9.42. The first kappa shape index (κ1) is 8.88. The summed E-state index contributed by atoms with van der Waals surface area (Å²) in [5.41, 5.74) is 7.08. The maximum absolute atomic E-state index is 5.91. The molecule has 0 radical (unpaired) electrons. The van der Waals surface area contributed by atoms with Gasteiger partial charge in [-0.2, -0.15) is 0 Å². The molecule has 0 fully saturated rings. The van der Waals surface area contributed by atoms with E-state index in [2.05, 4.69) is 0 Å². The third-order valence-electron chi connectivity index (χ3n) is 1.89. The molecule has 0 amide bonds. The number of halogens is 2. The van der Waals surface area contributed by atoms with Crippen molar-refractivity contribution in [2.75, 3.05) is 0 Å². The maximum Gasteiger partial charge on any atom is 0.152 e. The predicted octanol–water partition coefficient (Wildman–Crippen LogP) is 3.20. The van der Waals surface area contributed by atoms with E-state index in [1.807, 2.05) is 0 Å². The lowest BCUT2D eigenvalue weighted by molar-refractivity contribution is 0.611. The van der Waals surface area contributed by atoms with Gasteiger partial charge in [0.1, 0.15) is 0 Å². The number of furan rings is 1. The number of hydrogen-bond donors (Lipinski definition) is 1. The van der Waals surface area contributed by atoms with Crippen molar-refractivity contribution in [3.8, 4) is 0 Å². The van der Waals surface area contributed by atoms with E-state index in [0.29, 0.717) is 22.2 Å². The van der Waals surface area contributed by atoms with Gasteiger partial charge in [-0.25, -0.2) is 0 Å². The summed E-state index contributed by atoms with van der Waals surface area (Å²) in [6, 6.07) is 3.45. The highest BCUT2D eigenvalue weighted by atomic mass is 35.5. The van der Waals surface area contributed by atoms with Crippen LogP contribution in [0.15, 0.2) is 22.8 Å². The molecule has 2 rings (SSSR count). The first-order chi connectivity index (χ1) is 6.22. The van der Waals surface area contributed by atoms with Gasteiger partial charge in [-0.15, -0.1) is 0 Å². The summed E-state index contributed by atoms with van der Waals surface area (Å²) in [4.78, 5) is 0. The highest BCUT2D eigenvalue weighted by Crippen LogP contribution is 2.31. The fourth-order valence-electron chi connectivity index (χ4n) is 1.27. The Kier molecular flexibility index (Phi) is 2.20. The molecule has 0 unspecified atom stereocenters. The first-order valence-corrected chi connectivity index (χ1v) is 4.53. The van der Waals surface area contributed by atoms with E-state index in [9.17, 15) is 0 Å². The quantitative estimate of drug-likeness (QED) is 0.794. The van der Waals surface area contributed by atoms with Crippen LogP contribution in [0.1, 0.15) is 5.56 Å². The molecule has 0 saturated carbocycles. The third kappa shape index (κ3) is 1.41. The van der Waals surface area contributed by atoms with E-state index in [0.717, 1.165) is 10.9 Å². The van der Waals surface area contributed by atoms with E-state index in [1.165, 1.54) is 0 Å². The summed E-state index contributed by atoms with van der Waals surface area (Å²) in [6.07, 6.45) is 1.60. The van der Waals surface area contributed by atoms with Crippen LogP contribution in [-0.4, -0.2) is 0 Å². The fourth-order valence-corrected chi connectivity index (χ4v) is 1.81. The lowest BCUT2D eigenvalue weighted by atomic mass is 10.2. The second-order valence-electron chi connectivity index (χ2n) is 2.73. The summed E-state index contributed by atoms with van der Waals surface area (Å²) in [5.74, 6) is 0. The number of hydrogen-bond acceptors (Lipinski definition) is 2. The SMILES string of the molecule is NCc1coc2c(Cl)cc(Cl)cc12. The topological polar surface area (TPSA) is 39.2 Å². The van der Waals surface area contributed by atoms with Crippen molar-refractivity contribution >= 4 is 34.2 Å². The van der Waals surface area contributed by atoms with Gasteiger partial charge >= 0.3 is 0 Å². The normalized spacial score (nSPS) is 11.0. The summed E-state index contributed by atoms with van der Waals surface area (Å²) >= 11 is 11.8. The third-order valence-corrected chi connectivity index (χ3v) is 2.39. The fraction of sp³-hybridized carbons (Fsp3) is 0.111. The zero-order valence-electron chi connectivity index (χ0n) is 6.68. The Hall–Kier alpha value is -0.700. The average molecular weight is 216 g/mol. The van der Waals surface area contributed by atoms with Crippen LogP contribution in [0.4, 0.5) is 0 Å². The van der Waals surface area contributed by atoms with E-state index in [-0.39, 0.29) is 0 Å². The minimum Gasteiger partial charge on any atom is -0.462 e. The Morgan fingerprint density at radius 1 is 1.31 bits per heavy atom. The van der Waals surface area contributed by atoms with Gasteiger partial charge in [-0.3, -0.25) is 0 Å². The lowest BCUT2D eigenvalue weighted by Crippen LogP contribution is -1.93. The van der Waals surface area contributed by atoms with Crippen molar-refractivity contribution in [1.29, 1.82) is 0 Å². The van der Waals surface area contributed by atoms with Crippen molar-refractivity contribution in [3.63, 3.8) is 0 Å². The van der Waals surface area contributed by atoms with E-state index in [4.69, 9.17) is 33.4 Å². The van der Waals surface area contributed by atoms with Crippen LogP contribution < -0.4 is 5.73 Å². The number of benzene rings is 1. The van der Waals surface area contributed by atoms with Gasteiger partial charge < -0.3 is 10.2 Å². The Morgan fingerprint density at radius 2 is 2.08 bits per heavy atom. The second-order valence-corrected chi connectivity index (χ2v) is 3.57. The lowest BCUT2D eigenvalue weighted by Gasteiger charge is -1.95. The molecular formula is C9H7Cl2NO. The molecule has 2 N–H and O–H groups in total. The van der Waals surface area contributed by atoms with Crippen molar-refractivity contribution in [2.45, 2.75) is 6.54 Å². The van der Waals surface area contributed by atoms with Crippen LogP contribution in [0.5, 0.6) is 0 Å². The Balaban J connectivity index is 2.82. The van der Waals surface area contributed by atoms with E-state index < -0.39 is 0 Å². The maximum atomic E-state index is 5.91. The monoisotopic (exact) mass is 215 g/mol. The molecule has 0 aliphatic rings. The molecular weight excluding hydrogens is 209 g/mol. The van der Waals surface area contributed by atoms with Crippen LogP contribution in [0.2, 0.25) is 10.0 Å². The van der Waals surface area contributed by atoms with Gasteiger partial charge in [-0.05, 0) is 12.1 Å². The van der Waals surface area contributed by atoms with Crippen molar-refractivity contribution in [3.05, 3.63) is 34.0 Å². The van der Waals surface area contributed by atoms with Crippen molar-refractivity contribution < 1.29 is 4.42 Å². The molecule has 1 heterocycles. The minimum absolute atomic E-state index is 0.420. The molecule has 2 aromatic rings. The number of fused-ring (bicyclic) bond motifs is 1. The highest BCUT2D eigenvalue weighted by molar-refractivity contribution is 6.38. The molecule has 0 aliphatic carbocycles. The van der Waals surface area contributed by atoms with Gasteiger partial charge in [0.15, 0.2) is 5.58 Å². The zero-order valence-corrected chi connectivity index (χ0v) is 8.19. The predicted molar refractivity (Wildman–Crippen MR) is 54.1 cm³/mol. The highest BCUT2D eigenvalue weighted by Gasteiger charge is 2.08. The van der Waals surface area contributed by atoms with E-state index >= 15 is 0 Å². The van der Waals surface area contributed by atoms with Gasteiger partial charge in [0.05, 0.1) is 11.3 Å². The number of nitrogens with two attached hydrogens (primary N) is 1. The molecule has 68 valence electrons. The van der Waals surface area contributed by atoms with Crippen LogP contribution >= 0.6 is 23.2 Å². The Labute approximate surface area is 85.2 Å². The molecule has 0 aliphatic heterocycles. The summed E-state index contributed by atoms with van der Waals surface area (Å²) in [5, 5.41) is 2.00. The van der Waals surface area contributed by atoms with Gasteiger partial charge in [0.25, 0.3) is 0 Å². The molecule has 0 spiro atoms. The van der Waals surface area contributed by atoms with Gasteiger partial charge in [0.2, 0.25) is 0 Å². The van der Waals surface area contributed by atoms with Crippen LogP contribution in [0.25, 0.3) is 11.0 Å². The molecule has 13 heavy (non-hydrogen) atoms. The van der Waals surface area contributed by atoms with Crippen molar-refractivity contribution in [1.82, 2.24) is 0 Å². The van der Waals surface area contributed by atoms with E-state index in [1.54, 1.807) is 18.4 Å². The van der Waals surface area contributed by atoms with Gasteiger partial charge in [-0.1, -0.05) is 23.2 Å². The second kappa shape index (κ2) is 3.22. The summed E-state index contributed by atoms with van der Waals surface area (Å²) in [7, 11) is 0.